The summed E-state index contributed by atoms with van der Waals surface area (Å²) in [6.45, 7) is 7.42. The third-order valence-corrected chi connectivity index (χ3v) is 5.14. The van der Waals surface area contributed by atoms with Crippen molar-refractivity contribution < 1.29 is 14.3 Å². The maximum absolute atomic E-state index is 13.1. The zero-order valence-electron chi connectivity index (χ0n) is 18.6. The first-order valence-electron chi connectivity index (χ1n) is 10.9. The summed E-state index contributed by atoms with van der Waals surface area (Å²) >= 11 is 6.00. The van der Waals surface area contributed by atoms with E-state index >= 15 is 0 Å². The first-order chi connectivity index (χ1) is 14.9. The number of hydrogen-bond acceptors (Lipinski definition) is 3. The second-order valence-electron chi connectivity index (χ2n) is 7.98. The molecule has 0 saturated carbocycles. The topological polar surface area (TPSA) is 58.6 Å². The van der Waals surface area contributed by atoms with Crippen LogP contribution in [-0.2, 0) is 16.1 Å². The van der Waals surface area contributed by atoms with Gasteiger partial charge in [-0.05, 0) is 48.6 Å². The summed E-state index contributed by atoms with van der Waals surface area (Å²) in [6, 6.07) is 16.4. The average molecular weight is 445 g/mol. The van der Waals surface area contributed by atoms with Crippen molar-refractivity contribution in [1.82, 2.24) is 10.2 Å². The fourth-order valence-electron chi connectivity index (χ4n) is 3.20. The van der Waals surface area contributed by atoms with Gasteiger partial charge in [-0.3, -0.25) is 9.59 Å². The van der Waals surface area contributed by atoms with Gasteiger partial charge in [-0.25, -0.2) is 0 Å². The van der Waals surface area contributed by atoms with Crippen LogP contribution >= 0.6 is 11.6 Å². The number of nitrogens with one attached hydrogen (secondary N) is 1. The number of halogens is 1. The molecule has 1 N–H and O–H groups in total. The first kappa shape index (κ1) is 24.7. The maximum Gasteiger partial charge on any atom is 0.242 e. The van der Waals surface area contributed by atoms with Crippen LogP contribution in [0.3, 0.4) is 0 Å². The lowest BCUT2D eigenvalue weighted by Gasteiger charge is -2.31. The Bertz CT molecular complexity index is 809. The molecule has 0 spiro atoms. The molecule has 2 aromatic rings. The fraction of sp³-hybridized carbons (Fsp3) is 0.440. The van der Waals surface area contributed by atoms with Crippen molar-refractivity contribution in [2.24, 2.45) is 5.92 Å². The van der Waals surface area contributed by atoms with Gasteiger partial charge in [0.2, 0.25) is 11.8 Å². The summed E-state index contributed by atoms with van der Waals surface area (Å²) in [4.78, 5) is 27.6. The van der Waals surface area contributed by atoms with E-state index in [4.69, 9.17) is 16.3 Å². The third kappa shape index (κ3) is 8.62. The van der Waals surface area contributed by atoms with Gasteiger partial charge in [-0.1, -0.05) is 62.7 Å². The molecule has 31 heavy (non-hydrogen) atoms. The SMILES string of the molecule is CC[C@@H](C(=O)NCC(C)C)N(Cc1ccc(Cl)cc1)C(=O)CCCOc1ccccc1. The van der Waals surface area contributed by atoms with Crippen molar-refractivity contribution in [1.29, 1.82) is 0 Å². The van der Waals surface area contributed by atoms with Crippen molar-refractivity contribution >= 4 is 23.4 Å². The minimum absolute atomic E-state index is 0.0573. The highest BCUT2D eigenvalue weighted by Gasteiger charge is 2.28. The van der Waals surface area contributed by atoms with Crippen LogP contribution in [0.5, 0.6) is 5.75 Å². The highest BCUT2D eigenvalue weighted by molar-refractivity contribution is 6.30. The smallest absolute Gasteiger partial charge is 0.242 e. The van der Waals surface area contributed by atoms with E-state index < -0.39 is 6.04 Å². The Morgan fingerprint density at radius 2 is 1.74 bits per heavy atom. The van der Waals surface area contributed by atoms with Gasteiger partial charge in [0.25, 0.3) is 0 Å². The highest BCUT2D eigenvalue weighted by Crippen LogP contribution is 2.17. The Balaban J connectivity index is 2.04. The van der Waals surface area contributed by atoms with Gasteiger partial charge in [0.1, 0.15) is 11.8 Å². The molecule has 0 aliphatic rings. The lowest BCUT2D eigenvalue weighted by Crippen LogP contribution is -2.49. The zero-order chi connectivity index (χ0) is 22.6. The molecule has 0 heterocycles. The Hall–Kier alpha value is -2.53. The zero-order valence-corrected chi connectivity index (χ0v) is 19.4. The Kier molecular flexibility index (Phi) is 10.4. The van der Waals surface area contributed by atoms with E-state index in [2.05, 4.69) is 5.32 Å². The molecule has 2 rings (SSSR count). The fourth-order valence-corrected chi connectivity index (χ4v) is 3.33. The molecule has 2 aromatic carbocycles. The molecule has 0 aliphatic carbocycles. The summed E-state index contributed by atoms with van der Waals surface area (Å²) in [7, 11) is 0. The number of nitrogens with zero attached hydrogens (tertiary/aromatic N) is 1. The molecule has 0 radical (unpaired) electrons. The minimum Gasteiger partial charge on any atom is -0.494 e. The van der Waals surface area contributed by atoms with Gasteiger partial charge < -0.3 is 15.0 Å². The number of ether oxygens (including phenoxy) is 1. The first-order valence-corrected chi connectivity index (χ1v) is 11.3. The molecule has 6 heteroatoms. The molecular formula is C25H33ClN2O3. The number of hydrogen-bond donors (Lipinski definition) is 1. The van der Waals surface area contributed by atoms with Crippen molar-refractivity contribution in [3.8, 4) is 5.75 Å². The predicted molar refractivity (Wildman–Crippen MR) is 125 cm³/mol. The monoisotopic (exact) mass is 444 g/mol. The van der Waals surface area contributed by atoms with E-state index in [0.29, 0.717) is 49.9 Å². The van der Waals surface area contributed by atoms with Crippen LogP contribution in [0.2, 0.25) is 5.02 Å². The molecule has 5 nitrogen and oxygen atoms in total. The van der Waals surface area contributed by atoms with Crippen molar-refractivity contribution in [2.75, 3.05) is 13.2 Å². The Labute approximate surface area is 190 Å². The van der Waals surface area contributed by atoms with Crippen molar-refractivity contribution in [3.63, 3.8) is 0 Å². The van der Waals surface area contributed by atoms with Gasteiger partial charge in [0.15, 0.2) is 0 Å². The van der Waals surface area contributed by atoms with Crippen LogP contribution in [0.4, 0.5) is 0 Å². The second kappa shape index (κ2) is 13.0. The van der Waals surface area contributed by atoms with E-state index in [9.17, 15) is 9.59 Å². The number of rotatable bonds is 12. The molecule has 0 unspecified atom stereocenters. The number of carbonyl (C=O) groups is 2. The Morgan fingerprint density at radius 3 is 2.35 bits per heavy atom. The van der Waals surface area contributed by atoms with Crippen LogP contribution in [0.25, 0.3) is 0 Å². The normalized spacial score (nSPS) is 11.8. The van der Waals surface area contributed by atoms with Crippen LogP contribution in [0, 0.1) is 5.92 Å². The van der Waals surface area contributed by atoms with E-state index in [0.717, 1.165) is 11.3 Å². The van der Waals surface area contributed by atoms with Crippen LogP contribution in [0.1, 0.15) is 45.6 Å². The molecule has 0 fully saturated rings. The largest absolute Gasteiger partial charge is 0.494 e. The molecule has 0 aliphatic heterocycles. The molecule has 0 saturated heterocycles. The number of para-hydroxylation sites is 1. The van der Waals surface area contributed by atoms with Crippen LogP contribution in [-0.4, -0.2) is 35.9 Å². The molecular weight excluding hydrogens is 412 g/mol. The number of carbonyl (C=O) groups excluding carboxylic acids is 2. The van der Waals surface area contributed by atoms with Crippen molar-refractivity contribution in [3.05, 3.63) is 65.2 Å². The number of amides is 2. The van der Waals surface area contributed by atoms with Crippen molar-refractivity contribution in [2.45, 2.75) is 52.6 Å². The minimum atomic E-state index is -0.517. The summed E-state index contributed by atoms with van der Waals surface area (Å²) in [5, 5.41) is 3.61. The summed E-state index contributed by atoms with van der Waals surface area (Å²) in [5.74, 6) is 0.960. The van der Waals surface area contributed by atoms with Crippen LogP contribution < -0.4 is 10.1 Å². The van der Waals surface area contributed by atoms with E-state index in [-0.39, 0.29) is 11.8 Å². The maximum atomic E-state index is 13.1. The second-order valence-corrected chi connectivity index (χ2v) is 8.41. The molecule has 0 aromatic heterocycles. The summed E-state index contributed by atoms with van der Waals surface area (Å²) in [6.07, 6.45) is 1.44. The van der Waals surface area contributed by atoms with Gasteiger partial charge >= 0.3 is 0 Å². The van der Waals surface area contributed by atoms with E-state index in [1.807, 2.05) is 63.2 Å². The summed E-state index contributed by atoms with van der Waals surface area (Å²) < 4.78 is 5.70. The molecule has 0 bridgehead atoms. The summed E-state index contributed by atoms with van der Waals surface area (Å²) in [5.41, 5.74) is 0.938. The van der Waals surface area contributed by atoms with Gasteiger partial charge in [0.05, 0.1) is 6.61 Å². The molecule has 1 atom stereocenters. The van der Waals surface area contributed by atoms with Gasteiger partial charge in [-0.2, -0.15) is 0 Å². The standard InChI is InChI=1S/C25H33ClN2O3/c1-4-23(25(30)27-17-19(2)3)28(18-20-12-14-21(26)15-13-20)24(29)11-8-16-31-22-9-6-5-7-10-22/h5-7,9-10,12-15,19,23H,4,8,11,16-18H2,1-3H3,(H,27,30)/t23-/m0/s1. The quantitative estimate of drug-likeness (QED) is 0.464. The van der Waals surface area contributed by atoms with Gasteiger partial charge in [0, 0.05) is 24.5 Å². The van der Waals surface area contributed by atoms with E-state index in [1.54, 1.807) is 17.0 Å². The highest BCUT2D eigenvalue weighted by atomic mass is 35.5. The van der Waals surface area contributed by atoms with E-state index in [1.165, 1.54) is 0 Å². The molecule has 2 amide bonds. The number of benzene rings is 2. The predicted octanol–water partition coefficient (Wildman–Crippen LogP) is 5.08. The average Bonchev–Trinajstić information content (AvgIpc) is 2.77. The lowest BCUT2D eigenvalue weighted by molar-refractivity contribution is -0.141. The Morgan fingerprint density at radius 1 is 1.06 bits per heavy atom. The van der Waals surface area contributed by atoms with Crippen LogP contribution in [0.15, 0.2) is 54.6 Å². The molecule has 168 valence electrons. The van der Waals surface area contributed by atoms with Gasteiger partial charge in [-0.15, -0.1) is 0 Å². The lowest BCUT2D eigenvalue weighted by atomic mass is 10.1. The third-order valence-electron chi connectivity index (χ3n) is 4.88.